The molecule has 0 aromatic carbocycles. The number of rotatable bonds is 4. The Morgan fingerprint density at radius 2 is 1.87 bits per heavy atom. The van der Waals surface area contributed by atoms with Crippen LogP contribution in [-0.2, 0) is 9.59 Å². The van der Waals surface area contributed by atoms with Crippen molar-refractivity contribution in [3.8, 4) is 0 Å². The number of amides is 1. The Bertz CT molecular complexity index is 235. The van der Waals surface area contributed by atoms with Crippen LogP contribution < -0.4 is 10.6 Å². The smallest absolute Gasteiger partial charge is 0.306 e. The van der Waals surface area contributed by atoms with Gasteiger partial charge in [0, 0.05) is 13.1 Å². The van der Waals surface area contributed by atoms with E-state index in [4.69, 9.17) is 5.11 Å². The van der Waals surface area contributed by atoms with E-state index >= 15 is 0 Å². The highest BCUT2D eigenvalue weighted by atomic mass is 16.4. The van der Waals surface area contributed by atoms with E-state index in [2.05, 4.69) is 10.6 Å². The van der Waals surface area contributed by atoms with E-state index in [0.717, 1.165) is 12.8 Å². The van der Waals surface area contributed by atoms with Crippen LogP contribution in [0.1, 0.15) is 25.7 Å². The minimum Gasteiger partial charge on any atom is -0.481 e. The van der Waals surface area contributed by atoms with E-state index in [0.29, 0.717) is 19.4 Å². The average Bonchev–Trinajstić information content (AvgIpc) is 2.26. The Balaban J connectivity index is 2.20. The third-order valence-corrected chi connectivity index (χ3v) is 2.91. The lowest BCUT2D eigenvalue weighted by Crippen LogP contribution is -2.40. The number of carbonyl (C=O) groups is 2. The summed E-state index contributed by atoms with van der Waals surface area (Å²) in [5, 5.41) is 14.5. The molecule has 0 bridgehead atoms. The van der Waals surface area contributed by atoms with Crippen molar-refractivity contribution in [3.63, 3.8) is 0 Å². The minimum atomic E-state index is -0.695. The molecule has 0 aromatic rings. The van der Waals surface area contributed by atoms with Crippen LogP contribution in [0, 0.1) is 5.92 Å². The number of hydrogen-bond donors (Lipinski definition) is 3. The topological polar surface area (TPSA) is 78.4 Å². The fraction of sp³-hybridized carbons (Fsp3) is 0.800. The fourth-order valence-electron chi connectivity index (χ4n) is 1.87. The third-order valence-electron chi connectivity index (χ3n) is 2.91. The van der Waals surface area contributed by atoms with Crippen molar-refractivity contribution in [2.75, 3.05) is 13.6 Å². The van der Waals surface area contributed by atoms with Crippen molar-refractivity contribution in [2.24, 2.45) is 5.92 Å². The van der Waals surface area contributed by atoms with Gasteiger partial charge < -0.3 is 15.7 Å². The number of aliphatic carboxylic acids is 1. The molecule has 0 spiro atoms. The summed E-state index contributed by atoms with van der Waals surface area (Å²) in [5.41, 5.74) is 0. The van der Waals surface area contributed by atoms with Crippen LogP contribution in [0.3, 0.4) is 0 Å². The summed E-state index contributed by atoms with van der Waals surface area (Å²) < 4.78 is 0. The Hall–Kier alpha value is -1.10. The largest absolute Gasteiger partial charge is 0.481 e. The van der Waals surface area contributed by atoms with Crippen molar-refractivity contribution in [2.45, 2.75) is 31.7 Å². The van der Waals surface area contributed by atoms with Gasteiger partial charge in [0.15, 0.2) is 0 Å². The molecule has 0 saturated heterocycles. The quantitative estimate of drug-likeness (QED) is 0.614. The molecule has 1 amide bonds. The van der Waals surface area contributed by atoms with Gasteiger partial charge in [0.05, 0.1) is 12.5 Å². The fourth-order valence-corrected chi connectivity index (χ4v) is 1.87. The van der Waals surface area contributed by atoms with E-state index in [1.807, 2.05) is 0 Å². The minimum absolute atomic E-state index is 0.0321. The average molecular weight is 214 g/mol. The van der Waals surface area contributed by atoms with Crippen molar-refractivity contribution in [3.05, 3.63) is 0 Å². The van der Waals surface area contributed by atoms with Gasteiger partial charge in [-0.2, -0.15) is 0 Å². The molecule has 0 radical (unpaired) electrons. The van der Waals surface area contributed by atoms with Crippen molar-refractivity contribution < 1.29 is 14.7 Å². The van der Waals surface area contributed by atoms with Crippen molar-refractivity contribution in [1.29, 1.82) is 0 Å². The zero-order valence-electron chi connectivity index (χ0n) is 8.95. The number of carbonyl (C=O) groups excluding carboxylic acids is 1. The molecule has 1 rings (SSSR count). The Labute approximate surface area is 89.2 Å². The van der Waals surface area contributed by atoms with Gasteiger partial charge in [-0.05, 0) is 25.7 Å². The molecule has 1 aliphatic rings. The zero-order chi connectivity index (χ0) is 11.3. The monoisotopic (exact) mass is 214 g/mol. The zero-order valence-corrected chi connectivity index (χ0v) is 8.95. The molecule has 1 saturated carbocycles. The van der Waals surface area contributed by atoms with Crippen LogP contribution >= 0.6 is 0 Å². The second-order valence-corrected chi connectivity index (χ2v) is 3.94. The van der Waals surface area contributed by atoms with Gasteiger partial charge >= 0.3 is 5.97 Å². The second-order valence-electron chi connectivity index (χ2n) is 3.94. The van der Waals surface area contributed by atoms with Crippen molar-refractivity contribution >= 4 is 11.9 Å². The number of carboxylic acid groups (broad SMARTS) is 1. The first-order valence-electron chi connectivity index (χ1n) is 5.30. The number of likely N-dealkylation sites (N-methyl/N-ethyl adjacent to an activating group) is 1. The van der Waals surface area contributed by atoms with Gasteiger partial charge in [-0.3, -0.25) is 9.59 Å². The summed E-state index contributed by atoms with van der Waals surface area (Å²) in [7, 11) is 1.60. The van der Waals surface area contributed by atoms with Gasteiger partial charge in [-0.25, -0.2) is 0 Å². The summed E-state index contributed by atoms with van der Waals surface area (Å²) in [5.74, 6) is -0.918. The normalized spacial score (nSPS) is 25.9. The molecule has 86 valence electrons. The van der Waals surface area contributed by atoms with Gasteiger partial charge in [-0.15, -0.1) is 0 Å². The first-order valence-corrected chi connectivity index (χ1v) is 5.30. The molecule has 1 fully saturated rings. The summed E-state index contributed by atoms with van der Waals surface area (Å²) in [6.45, 7) is 0.318. The Morgan fingerprint density at radius 3 is 2.33 bits per heavy atom. The molecule has 0 heterocycles. The van der Waals surface area contributed by atoms with Crippen LogP contribution in [-0.4, -0.2) is 36.6 Å². The SMILES string of the molecule is CNC(=O)CNC1CCC(C(=O)O)CC1. The highest BCUT2D eigenvalue weighted by Crippen LogP contribution is 2.24. The maximum atomic E-state index is 11.0. The van der Waals surface area contributed by atoms with Crippen LogP contribution in [0.4, 0.5) is 0 Å². The van der Waals surface area contributed by atoms with E-state index in [-0.39, 0.29) is 17.9 Å². The van der Waals surface area contributed by atoms with Crippen LogP contribution in [0.25, 0.3) is 0 Å². The molecule has 1 aliphatic carbocycles. The van der Waals surface area contributed by atoms with Gasteiger partial charge in [0.2, 0.25) is 5.91 Å². The third kappa shape index (κ3) is 3.87. The Morgan fingerprint density at radius 1 is 1.27 bits per heavy atom. The predicted molar refractivity (Wildman–Crippen MR) is 55.5 cm³/mol. The van der Waals surface area contributed by atoms with Crippen LogP contribution in [0.5, 0.6) is 0 Å². The summed E-state index contributed by atoms with van der Waals surface area (Å²) >= 11 is 0. The first-order chi connectivity index (χ1) is 7.13. The maximum absolute atomic E-state index is 11.0. The maximum Gasteiger partial charge on any atom is 0.306 e. The number of nitrogens with one attached hydrogen (secondary N) is 2. The van der Waals surface area contributed by atoms with E-state index in [1.54, 1.807) is 7.05 Å². The highest BCUT2D eigenvalue weighted by Gasteiger charge is 2.25. The van der Waals surface area contributed by atoms with Crippen LogP contribution in [0.15, 0.2) is 0 Å². The molecular weight excluding hydrogens is 196 g/mol. The van der Waals surface area contributed by atoms with Gasteiger partial charge in [-0.1, -0.05) is 0 Å². The molecule has 5 nitrogen and oxygen atoms in total. The predicted octanol–water partition coefficient (Wildman–Crippen LogP) is -0.0346. The lowest BCUT2D eigenvalue weighted by atomic mass is 9.86. The molecule has 0 aromatic heterocycles. The highest BCUT2D eigenvalue weighted by molar-refractivity contribution is 5.77. The molecule has 5 heteroatoms. The Kier molecular flexibility index (Phi) is 4.55. The number of carboxylic acids is 1. The van der Waals surface area contributed by atoms with E-state index in [1.165, 1.54) is 0 Å². The van der Waals surface area contributed by atoms with Gasteiger partial charge in [0.1, 0.15) is 0 Å². The summed E-state index contributed by atoms with van der Waals surface area (Å²) in [6.07, 6.45) is 3.10. The lowest BCUT2D eigenvalue weighted by molar-refractivity contribution is -0.143. The molecular formula is C10H18N2O3. The molecule has 15 heavy (non-hydrogen) atoms. The second kappa shape index (κ2) is 5.70. The number of hydrogen-bond acceptors (Lipinski definition) is 3. The molecule has 0 atom stereocenters. The molecule has 0 unspecified atom stereocenters. The van der Waals surface area contributed by atoms with E-state index in [9.17, 15) is 9.59 Å². The first kappa shape index (κ1) is 12.0. The van der Waals surface area contributed by atoms with Gasteiger partial charge in [0.25, 0.3) is 0 Å². The van der Waals surface area contributed by atoms with Crippen molar-refractivity contribution in [1.82, 2.24) is 10.6 Å². The summed E-state index contributed by atoms with van der Waals surface area (Å²) in [6, 6.07) is 0.290. The summed E-state index contributed by atoms with van der Waals surface area (Å²) in [4.78, 5) is 21.6. The van der Waals surface area contributed by atoms with E-state index < -0.39 is 5.97 Å². The molecule has 0 aliphatic heterocycles. The van der Waals surface area contributed by atoms with Crippen LogP contribution in [0.2, 0.25) is 0 Å². The lowest BCUT2D eigenvalue weighted by Gasteiger charge is -2.26. The molecule has 3 N–H and O–H groups in total. The standard InChI is InChI=1S/C10H18N2O3/c1-11-9(13)6-12-8-4-2-7(3-5-8)10(14)15/h7-8,12H,2-6H2,1H3,(H,11,13)(H,14,15).